The smallest absolute Gasteiger partial charge is 0.322 e. The minimum Gasteiger partial charge on any atom is -0.352 e. The van der Waals surface area contributed by atoms with Gasteiger partial charge in [-0.25, -0.2) is 4.79 Å². The van der Waals surface area contributed by atoms with Gasteiger partial charge in [0.15, 0.2) is 5.96 Å². The normalized spacial score (nSPS) is 25.6. The fourth-order valence-electron chi connectivity index (χ4n) is 3.42. The third-order valence-corrected chi connectivity index (χ3v) is 5.66. The first kappa shape index (κ1) is 16.8. The number of amides is 3. The summed E-state index contributed by atoms with van der Waals surface area (Å²) < 4.78 is 0. The molecule has 2 saturated heterocycles. The highest BCUT2D eigenvalue weighted by molar-refractivity contribution is 7.07. The third kappa shape index (κ3) is 3.24. The molecule has 3 rings (SSSR count). The summed E-state index contributed by atoms with van der Waals surface area (Å²) in [5.74, 6) is 0.797. The average Bonchev–Trinajstić information content (AvgIpc) is 3.17. The molecule has 3 amide bonds. The van der Waals surface area contributed by atoms with Crippen LogP contribution in [0.3, 0.4) is 0 Å². The van der Waals surface area contributed by atoms with E-state index >= 15 is 0 Å². The number of hydrogen-bond donors (Lipinski definition) is 3. The van der Waals surface area contributed by atoms with Gasteiger partial charge in [-0.15, -0.1) is 0 Å². The fraction of sp³-hybridized carbons (Fsp3) is 0.562. The molecule has 2 fully saturated rings. The number of nitrogens with zero attached hydrogens (tertiary/aromatic N) is 2. The average molecular weight is 349 g/mol. The predicted octanol–water partition coefficient (Wildman–Crippen LogP) is 1.13. The second-order valence-electron chi connectivity index (χ2n) is 6.40. The molecule has 1 aromatic rings. The molecule has 0 radical (unpaired) electrons. The number of guanidine groups is 1. The van der Waals surface area contributed by atoms with Crippen molar-refractivity contribution in [1.29, 1.82) is 0 Å². The van der Waals surface area contributed by atoms with Crippen LogP contribution in [0.1, 0.15) is 25.3 Å². The number of piperidine rings is 1. The molecule has 1 aromatic heterocycles. The standard InChI is InChI=1S/C16H23N5O2S/c1-16(13(22)19-15(23)20-16)12-3-6-21(7-4-12)14(17-2)18-9-11-5-8-24-10-11/h5,8,10,12H,3-4,6-7,9H2,1-2H3,(H,17,18)(H2,19,20,22,23). The molecule has 0 bridgehead atoms. The van der Waals surface area contributed by atoms with Crippen molar-refractivity contribution in [2.45, 2.75) is 31.8 Å². The Balaban J connectivity index is 1.56. The molecule has 130 valence electrons. The number of imide groups is 1. The number of rotatable bonds is 3. The van der Waals surface area contributed by atoms with Crippen LogP contribution in [0.25, 0.3) is 0 Å². The van der Waals surface area contributed by atoms with Crippen LogP contribution in [0, 0.1) is 5.92 Å². The number of hydrogen-bond acceptors (Lipinski definition) is 4. The number of urea groups is 1. The first-order valence-electron chi connectivity index (χ1n) is 8.13. The van der Waals surface area contributed by atoms with Crippen molar-refractivity contribution in [2.24, 2.45) is 10.9 Å². The Morgan fingerprint density at radius 2 is 2.21 bits per heavy atom. The Bertz CT molecular complexity index is 637. The van der Waals surface area contributed by atoms with Crippen molar-refractivity contribution < 1.29 is 9.59 Å². The number of likely N-dealkylation sites (tertiary alicyclic amines) is 1. The van der Waals surface area contributed by atoms with Crippen LogP contribution < -0.4 is 16.0 Å². The monoisotopic (exact) mass is 349 g/mol. The number of nitrogens with one attached hydrogen (secondary N) is 3. The molecule has 0 saturated carbocycles. The maximum Gasteiger partial charge on any atom is 0.322 e. The van der Waals surface area contributed by atoms with Gasteiger partial charge in [0.05, 0.1) is 0 Å². The van der Waals surface area contributed by atoms with Crippen molar-refractivity contribution in [2.75, 3.05) is 20.1 Å². The van der Waals surface area contributed by atoms with Gasteiger partial charge in [-0.05, 0) is 48.1 Å². The van der Waals surface area contributed by atoms with Gasteiger partial charge in [0.2, 0.25) is 0 Å². The van der Waals surface area contributed by atoms with Crippen LogP contribution >= 0.6 is 11.3 Å². The van der Waals surface area contributed by atoms with Crippen molar-refractivity contribution in [1.82, 2.24) is 20.9 Å². The van der Waals surface area contributed by atoms with E-state index in [0.717, 1.165) is 38.4 Å². The Hall–Kier alpha value is -2.09. The molecule has 0 spiro atoms. The van der Waals surface area contributed by atoms with Gasteiger partial charge in [0, 0.05) is 26.7 Å². The number of carbonyl (C=O) groups is 2. The van der Waals surface area contributed by atoms with Crippen molar-refractivity contribution in [3.8, 4) is 0 Å². The molecule has 3 heterocycles. The Kier molecular flexibility index (Phi) is 4.75. The van der Waals surface area contributed by atoms with Crippen LogP contribution in [0.5, 0.6) is 0 Å². The van der Waals surface area contributed by atoms with Crippen LogP contribution in [-0.2, 0) is 11.3 Å². The van der Waals surface area contributed by atoms with E-state index in [2.05, 4.69) is 42.7 Å². The SMILES string of the molecule is CN=C(NCc1ccsc1)N1CCC(C2(C)NC(=O)NC2=O)CC1. The molecule has 0 aliphatic carbocycles. The van der Waals surface area contributed by atoms with E-state index in [9.17, 15) is 9.59 Å². The van der Waals surface area contributed by atoms with Gasteiger partial charge in [0.25, 0.3) is 5.91 Å². The molecule has 1 atom stereocenters. The summed E-state index contributed by atoms with van der Waals surface area (Å²) in [5.41, 5.74) is 0.449. The van der Waals surface area contributed by atoms with Crippen molar-refractivity contribution in [3.05, 3.63) is 22.4 Å². The molecule has 2 aliphatic heterocycles. The van der Waals surface area contributed by atoms with Crippen LogP contribution in [0.2, 0.25) is 0 Å². The van der Waals surface area contributed by atoms with Crippen molar-refractivity contribution >= 4 is 29.2 Å². The fourth-order valence-corrected chi connectivity index (χ4v) is 4.09. The number of aliphatic imine (C=N–C) groups is 1. The zero-order valence-corrected chi connectivity index (χ0v) is 14.8. The molecule has 7 nitrogen and oxygen atoms in total. The van der Waals surface area contributed by atoms with Gasteiger partial charge >= 0.3 is 6.03 Å². The molecule has 3 N–H and O–H groups in total. The lowest BCUT2D eigenvalue weighted by Crippen LogP contribution is -2.55. The Morgan fingerprint density at radius 3 is 2.75 bits per heavy atom. The zero-order valence-electron chi connectivity index (χ0n) is 14.0. The second kappa shape index (κ2) is 6.80. The van der Waals surface area contributed by atoms with Gasteiger partial charge in [0.1, 0.15) is 5.54 Å². The quantitative estimate of drug-likeness (QED) is 0.434. The lowest BCUT2D eigenvalue weighted by molar-refractivity contribution is -0.125. The lowest BCUT2D eigenvalue weighted by Gasteiger charge is -2.39. The van der Waals surface area contributed by atoms with E-state index in [1.807, 2.05) is 6.92 Å². The zero-order chi connectivity index (χ0) is 17.2. The van der Waals surface area contributed by atoms with E-state index in [0.29, 0.717) is 0 Å². The molecular weight excluding hydrogens is 326 g/mol. The number of thiophene rings is 1. The molecule has 0 aromatic carbocycles. The van der Waals surface area contributed by atoms with Gasteiger partial charge in [-0.3, -0.25) is 15.1 Å². The first-order valence-corrected chi connectivity index (χ1v) is 9.07. The maximum atomic E-state index is 12.1. The Labute approximate surface area is 145 Å². The second-order valence-corrected chi connectivity index (χ2v) is 7.18. The summed E-state index contributed by atoms with van der Waals surface area (Å²) in [6, 6.07) is 1.71. The molecule has 8 heteroatoms. The molecule has 2 aliphatic rings. The van der Waals surface area contributed by atoms with Crippen molar-refractivity contribution in [3.63, 3.8) is 0 Å². The Morgan fingerprint density at radius 1 is 1.46 bits per heavy atom. The van der Waals surface area contributed by atoms with E-state index in [-0.39, 0.29) is 11.8 Å². The highest BCUT2D eigenvalue weighted by atomic mass is 32.1. The van der Waals surface area contributed by atoms with E-state index < -0.39 is 11.6 Å². The molecule has 24 heavy (non-hydrogen) atoms. The van der Waals surface area contributed by atoms with Crippen LogP contribution in [0.4, 0.5) is 4.79 Å². The van der Waals surface area contributed by atoms with Crippen LogP contribution in [0.15, 0.2) is 21.8 Å². The summed E-state index contributed by atoms with van der Waals surface area (Å²) in [5, 5.41) is 12.7. The lowest BCUT2D eigenvalue weighted by atomic mass is 9.79. The highest BCUT2D eigenvalue weighted by Gasteiger charge is 2.48. The summed E-state index contributed by atoms with van der Waals surface area (Å²) in [6.45, 7) is 4.20. The first-order chi connectivity index (χ1) is 11.5. The summed E-state index contributed by atoms with van der Waals surface area (Å²) in [6.07, 6.45) is 1.67. The third-order valence-electron chi connectivity index (χ3n) is 4.93. The topological polar surface area (TPSA) is 85.8 Å². The summed E-state index contributed by atoms with van der Waals surface area (Å²) >= 11 is 1.68. The largest absolute Gasteiger partial charge is 0.352 e. The van der Waals surface area contributed by atoms with Gasteiger partial charge in [-0.2, -0.15) is 11.3 Å². The summed E-state index contributed by atoms with van der Waals surface area (Å²) in [4.78, 5) is 30.1. The van der Waals surface area contributed by atoms with Gasteiger partial charge in [-0.1, -0.05) is 0 Å². The minimum atomic E-state index is -0.795. The van der Waals surface area contributed by atoms with E-state index in [1.165, 1.54) is 5.56 Å². The van der Waals surface area contributed by atoms with E-state index in [1.54, 1.807) is 18.4 Å². The maximum absolute atomic E-state index is 12.1. The molecular formula is C16H23N5O2S. The number of carbonyl (C=O) groups excluding carboxylic acids is 2. The summed E-state index contributed by atoms with van der Waals surface area (Å²) in [7, 11) is 1.79. The van der Waals surface area contributed by atoms with E-state index in [4.69, 9.17) is 0 Å². The minimum absolute atomic E-state index is 0.134. The van der Waals surface area contributed by atoms with Crippen LogP contribution in [-0.4, -0.2) is 48.5 Å². The highest BCUT2D eigenvalue weighted by Crippen LogP contribution is 2.30. The predicted molar refractivity (Wildman–Crippen MR) is 93.9 cm³/mol. The molecule has 1 unspecified atom stereocenters. The van der Waals surface area contributed by atoms with Gasteiger partial charge < -0.3 is 15.5 Å².